The van der Waals surface area contributed by atoms with Gasteiger partial charge in [0.25, 0.3) is 0 Å². The molecule has 0 amide bonds. The minimum atomic E-state index is -0.713. The lowest BCUT2D eigenvalue weighted by molar-refractivity contribution is 0.670. The van der Waals surface area contributed by atoms with E-state index in [-0.39, 0.29) is 6.04 Å². The molecule has 3 nitrogen and oxygen atoms in total. The van der Waals surface area contributed by atoms with Crippen molar-refractivity contribution in [1.29, 1.82) is 0 Å². The average Bonchev–Trinajstić information content (AvgIpc) is 2.37. The standard InChI is InChI=1S/C8H16N2OS/c1-7(6-12(2)11)10-8-4-3-5-9-8/h7H,3-6H2,1-2H3,(H,9,10). The molecule has 1 aliphatic rings. The smallest absolute Gasteiger partial charge is 0.0966 e. The van der Waals surface area contributed by atoms with E-state index < -0.39 is 10.8 Å². The van der Waals surface area contributed by atoms with Crippen LogP contribution in [0, 0.1) is 0 Å². The quantitative estimate of drug-likeness (QED) is 0.702. The van der Waals surface area contributed by atoms with Gasteiger partial charge in [-0.25, -0.2) is 0 Å². The van der Waals surface area contributed by atoms with Crippen LogP contribution >= 0.6 is 0 Å². The summed E-state index contributed by atoms with van der Waals surface area (Å²) in [6, 6.07) is 0.285. The van der Waals surface area contributed by atoms with Gasteiger partial charge in [-0.3, -0.25) is 9.20 Å². The Morgan fingerprint density at radius 2 is 2.50 bits per heavy atom. The summed E-state index contributed by atoms with van der Waals surface area (Å²) >= 11 is 0. The second kappa shape index (κ2) is 4.60. The summed E-state index contributed by atoms with van der Waals surface area (Å²) in [5, 5.41) is 3.27. The van der Waals surface area contributed by atoms with Crippen LogP contribution in [-0.4, -0.2) is 34.6 Å². The summed E-state index contributed by atoms with van der Waals surface area (Å²) in [7, 11) is -0.713. The lowest BCUT2D eigenvalue weighted by Crippen LogP contribution is -2.35. The molecule has 0 saturated carbocycles. The highest BCUT2D eigenvalue weighted by Gasteiger charge is 2.09. The predicted octanol–water partition coefficient (Wildman–Crippen LogP) is 0.535. The lowest BCUT2D eigenvalue weighted by Gasteiger charge is -2.12. The van der Waals surface area contributed by atoms with Gasteiger partial charge in [-0.05, 0) is 13.3 Å². The topological polar surface area (TPSA) is 41.5 Å². The first-order chi connectivity index (χ1) is 5.68. The zero-order chi connectivity index (χ0) is 8.97. The number of amidine groups is 1. The maximum Gasteiger partial charge on any atom is 0.0966 e. The van der Waals surface area contributed by atoms with Crippen LogP contribution in [0.15, 0.2) is 4.99 Å². The molecule has 70 valence electrons. The molecule has 2 atom stereocenters. The zero-order valence-corrected chi connectivity index (χ0v) is 8.49. The van der Waals surface area contributed by atoms with Gasteiger partial charge >= 0.3 is 0 Å². The first-order valence-corrected chi connectivity index (χ1v) is 6.01. The van der Waals surface area contributed by atoms with Gasteiger partial charge in [0.1, 0.15) is 0 Å². The van der Waals surface area contributed by atoms with Gasteiger partial charge in [-0.15, -0.1) is 0 Å². The van der Waals surface area contributed by atoms with Crippen molar-refractivity contribution in [2.45, 2.75) is 25.8 Å². The maximum atomic E-state index is 10.9. The normalized spacial score (nSPS) is 21.7. The molecule has 0 aliphatic carbocycles. The molecule has 0 bridgehead atoms. The number of nitrogens with zero attached hydrogens (tertiary/aromatic N) is 1. The van der Waals surface area contributed by atoms with Crippen LogP contribution in [0.2, 0.25) is 0 Å². The third-order valence-electron chi connectivity index (χ3n) is 1.77. The van der Waals surface area contributed by atoms with Gasteiger partial charge in [0.15, 0.2) is 0 Å². The van der Waals surface area contributed by atoms with E-state index in [1.54, 1.807) is 6.26 Å². The Hall–Kier alpha value is -0.380. The maximum absolute atomic E-state index is 10.9. The molecular weight excluding hydrogens is 172 g/mol. The van der Waals surface area contributed by atoms with Crippen LogP contribution in [0.4, 0.5) is 0 Å². The van der Waals surface area contributed by atoms with E-state index in [1.807, 2.05) is 6.92 Å². The summed E-state index contributed by atoms with van der Waals surface area (Å²) in [5.41, 5.74) is 0. The van der Waals surface area contributed by atoms with E-state index in [9.17, 15) is 4.21 Å². The fourth-order valence-corrected chi connectivity index (χ4v) is 2.12. The molecule has 12 heavy (non-hydrogen) atoms. The minimum absolute atomic E-state index is 0.285. The highest BCUT2D eigenvalue weighted by molar-refractivity contribution is 7.84. The molecule has 0 saturated heterocycles. The summed E-state index contributed by atoms with van der Waals surface area (Å²) in [6.07, 6.45) is 3.94. The molecule has 1 rings (SSSR count). The number of hydrogen-bond donors (Lipinski definition) is 1. The first-order valence-electron chi connectivity index (χ1n) is 4.28. The predicted molar refractivity (Wildman–Crippen MR) is 53.1 cm³/mol. The Labute approximate surface area is 76.1 Å². The van der Waals surface area contributed by atoms with Crippen molar-refractivity contribution in [3.05, 3.63) is 0 Å². The first kappa shape index (κ1) is 9.71. The fraction of sp³-hybridized carbons (Fsp3) is 0.875. The molecule has 1 heterocycles. The van der Waals surface area contributed by atoms with Crippen LogP contribution < -0.4 is 5.32 Å². The average molecular weight is 188 g/mol. The van der Waals surface area contributed by atoms with Gasteiger partial charge < -0.3 is 5.32 Å². The fourth-order valence-electron chi connectivity index (χ4n) is 1.34. The van der Waals surface area contributed by atoms with Crippen LogP contribution in [0.25, 0.3) is 0 Å². The number of hydrogen-bond acceptors (Lipinski definition) is 3. The Morgan fingerprint density at radius 3 is 3.00 bits per heavy atom. The van der Waals surface area contributed by atoms with Crippen molar-refractivity contribution in [2.75, 3.05) is 18.6 Å². The van der Waals surface area contributed by atoms with Crippen molar-refractivity contribution in [3.8, 4) is 0 Å². The number of nitrogens with one attached hydrogen (secondary N) is 1. The van der Waals surface area contributed by atoms with E-state index >= 15 is 0 Å². The van der Waals surface area contributed by atoms with Gasteiger partial charge in [-0.2, -0.15) is 0 Å². The zero-order valence-electron chi connectivity index (χ0n) is 7.67. The second-order valence-corrected chi connectivity index (χ2v) is 4.70. The third-order valence-corrected chi connectivity index (χ3v) is 2.74. The van der Waals surface area contributed by atoms with Gasteiger partial charge in [-0.1, -0.05) is 0 Å². The number of rotatable bonds is 3. The van der Waals surface area contributed by atoms with Gasteiger partial charge in [0, 0.05) is 41.8 Å². The molecule has 0 radical (unpaired) electrons. The van der Waals surface area contributed by atoms with E-state index in [0.717, 1.165) is 25.2 Å². The van der Waals surface area contributed by atoms with Crippen LogP contribution in [-0.2, 0) is 10.8 Å². The molecule has 4 heteroatoms. The summed E-state index contributed by atoms with van der Waals surface area (Å²) in [4.78, 5) is 4.29. The van der Waals surface area contributed by atoms with Crippen molar-refractivity contribution in [2.24, 2.45) is 4.99 Å². The Kier molecular flexibility index (Phi) is 3.72. The summed E-state index contributed by atoms with van der Waals surface area (Å²) in [6.45, 7) is 2.99. The van der Waals surface area contributed by atoms with Crippen molar-refractivity contribution >= 4 is 16.6 Å². The largest absolute Gasteiger partial charge is 0.370 e. The third kappa shape index (κ3) is 3.34. The minimum Gasteiger partial charge on any atom is -0.370 e. The van der Waals surface area contributed by atoms with Crippen LogP contribution in [0.5, 0.6) is 0 Å². The Bertz CT molecular complexity index is 203. The van der Waals surface area contributed by atoms with E-state index in [2.05, 4.69) is 10.3 Å². The van der Waals surface area contributed by atoms with Gasteiger partial charge in [0.2, 0.25) is 0 Å². The molecule has 2 unspecified atom stereocenters. The molecule has 1 aliphatic heterocycles. The molecule has 0 fully saturated rings. The molecule has 0 spiro atoms. The lowest BCUT2D eigenvalue weighted by atomic mass is 10.3. The molecule has 1 N–H and O–H groups in total. The van der Waals surface area contributed by atoms with Gasteiger partial charge in [0.05, 0.1) is 5.84 Å². The van der Waals surface area contributed by atoms with Crippen molar-refractivity contribution in [3.63, 3.8) is 0 Å². The van der Waals surface area contributed by atoms with Crippen LogP contribution in [0.3, 0.4) is 0 Å². The van der Waals surface area contributed by atoms with Crippen LogP contribution in [0.1, 0.15) is 19.8 Å². The van der Waals surface area contributed by atoms with E-state index in [4.69, 9.17) is 0 Å². The highest BCUT2D eigenvalue weighted by Crippen LogP contribution is 2.02. The number of aliphatic imine (C=N–C) groups is 1. The van der Waals surface area contributed by atoms with E-state index in [1.165, 1.54) is 0 Å². The van der Waals surface area contributed by atoms with Crippen molar-refractivity contribution < 1.29 is 4.21 Å². The van der Waals surface area contributed by atoms with E-state index in [0.29, 0.717) is 5.75 Å². The monoisotopic (exact) mass is 188 g/mol. The molecular formula is C8H16N2OS. The molecule has 0 aromatic heterocycles. The SMILES string of the molecule is CC(CS(C)=O)NC1=NCCC1. The Balaban J connectivity index is 2.25. The second-order valence-electron chi connectivity index (χ2n) is 3.22. The molecule has 0 aromatic carbocycles. The summed E-state index contributed by atoms with van der Waals surface area (Å²) in [5.74, 6) is 1.80. The molecule has 0 aromatic rings. The van der Waals surface area contributed by atoms with Crippen molar-refractivity contribution in [1.82, 2.24) is 5.32 Å². The Morgan fingerprint density at radius 1 is 1.75 bits per heavy atom. The summed E-state index contributed by atoms with van der Waals surface area (Å²) < 4.78 is 10.9. The highest BCUT2D eigenvalue weighted by atomic mass is 32.2.